The molecule has 0 fully saturated rings. The number of pyridine rings is 1. The fourth-order valence-corrected chi connectivity index (χ4v) is 4.33. The minimum Gasteiger partial charge on any atom is -0.395 e. The van der Waals surface area contributed by atoms with Crippen molar-refractivity contribution in [3.63, 3.8) is 0 Å². The van der Waals surface area contributed by atoms with Crippen molar-refractivity contribution < 1.29 is 31.4 Å². The van der Waals surface area contributed by atoms with Crippen molar-refractivity contribution in [1.29, 1.82) is 0 Å². The summed E-state index contributed by atoms with van der Waals surface area (Å²) in [5.74, 6) is -0.639. The first kappa shape index (κ1) is 23.7. The van der Waals surface area contributed by atoms with Crippen molar-refractivity contribution in [2.24, 2.45) is 7.05 Å². The molecule has 0 bridgehead atoms. The summed E-state index contributed by atoms with van der Waals surface area (Å²) in [6.45, 7) is -1.34. The highest BCUT2D eigenvalue weighted by molar-refractivity contribution is 5.87. The van der Waals surface area contributed by atoms with Crippen LogP contribution in [0.15, 0.2) is 65.8 Å². The van der Waals surface area contributed by atoms with Crippen LogP contribution in [0.2, 0.25) is 0 Å². The highest BCUT2D eigenvalue weighted by Crippen LogP contribution is 2.43. The summed E-state index contributed by atoms with van der Waals surface area (Å²) >= 11 is 0. The van der Waals surface area contributed by atoms with Gasteiger partial charge in [0.2, 0.25) is 0 Å². The number of halogens is 5. The second kappa shape index (κ2) is 8.16. The van der Waals surface area contributed by atoms with Crippen LogP contribution in [-0.2, 0) is 7.05 Å². The largest absolute Gasteiger partial charge is 0.586 e. The predicted molar refractivity (Wildman–Crippen MR) is 127 cm³/mol. The maximum Gasteiger partial charge on any atom is 0.586 e. The van der Waals surface area contributed by atoms with Crippen molar-refractivity contribution in [2.75, 3.05) is 11.9 Å². The number of hydrogen-bond donors (Lipinski definition) is 1. The van der Waals surface area contributed by atoms with Crippen LogP contribution in [-0.4, -0.2) is 38.2 Å². The lowest BCUT2D eigenvalue weighted by Gasteiger charge is -2.14. The molecule has 0 saturated carbocycles. The minimum atomic E-state index is -4.49. The number of aromatic nitrogens is 4. The van der Waals surface area contributed by atoms with Crippen LogP contribution in [0.5, 0.6) is 11.5 Å². The van der Waals surface area contributed by atoms with E-state index in [0.29, 0.717) is 5.56 Å². The molecule has 1 aliphatic rings. The molecule has 4 heterocycles. The van der Waals surface area contributed by atoms with Gasteiger partial charge in [-0.2, -0.15) is 18.3 Å². The Morgan fingerprint density at radius 1 is 1.00 bits per heavy atom. The van der Waals surface area contributed by atoms with Gasteiger partial charge in [0.15, 0.2) is 22.6 Å². The van der Waals surface area contributed by atoms with Gasteiger partial charge in [0.1, 0.15) is 12.4 Å². The van der Waals surface area contributed by atoms with E-state index in [1.165, 1.54) is 41.1 Å². The SMILES string of the molecule is Cn1cc2cc(-c3cn4ccc(NCC(F)(F)F)nc4c(-c4ccc5c(c4)OC(F)(F)O5)c3=O)ccc2n1. The van der Waals surface area contributed by atoms with Gasteiger partial charge in [0, 0.05) is 36.6 Å². The number of benzene rings is 2. The van der Waals surface area contributed by atoms with Gasteiger partial charge in [-0.05, 0) is 41.5 Å². The smallest absolute Gasteiger partial charge is 0.395 e. The monoisotopic (exact) mass is 529 g/mol. The molecule has 8 nitrogen and oxygen atoms in total. The second-order valence-electron chi connectivity index (χ2n) is 8.66. The normalized spacial score (nSPS) is 14.4. The van der Waals surface area contributed by atoms with Crippen LogP contribution in [0.3, 0.4) is 0 Å². The summed E-state index contributed by atoms with van der Waals surface area (Å²) in [4.78, 5) is 18.1. The second-order valence-corrected chi connectivity index (χ2v) is 8.66. The van der Waals surface area contributed by atoms with Gasteiger partial charge in [-0.3, -0.25) is 9.48 Å². The number of nitrogens with one attached hydrogen (secondary N) is 1. The van der Waals surface area contributed by atoms with Crippen LogP contribution in [0.1, 0.15) is 0 Å². The van der Waals surface area contributed by atoms with Crippen molar-refractivity contribution >= 4 is 22.4 Å². The summed E-state index contributed by atoms with van der Waals surface area (Å²) in [5.41, 5.74) is 1.17. The zero-order valence-corrected chi connectivity index (χ0v) is 19.4. The molecule has 13 heteroatoms. The Kier molecular flexibility index (Phi) is 5.09. The quantitative estimate of drug-likeness (QED) is 0.322. The number of fused-ring (bicyclic) bond motifs is 3. The first-order chi connectivity index (χ1) is 18.0. The van der Waals surface area contributed by atoms with E-state index in [9.17, 15) is 26.7 Å². The van der Waals surface area contributed by atoms with Crippen molar-refractivity contribution in [2.45, 2.75) is 12.5 Å². The van der Waals surface area contributed by atoms with Crippen LogP contribution in [0.25, 0.3) is 38.8 Å². The Labute approximate surface area is 209 Å². The van der Waals surface area contributed by atoms with E-state index >= 15 is 0 Å². The number of alkyl halides is 5. The summed E-state index contributed by atoms with van der Waals surface area (Å²) in [5, 5.41) is 7.30. The number of rotatable bonds is 4. The lowest BCUT2D eigenvalue weighted by Crippen LogP contribution is -2.25. The summed E-state index contributed by atoms with van der Waals surface area (Å²) < 4.78 is 77.7. The lowest BCUT2D eigenvalue weighted by molar-refractivity contribution is -0.286. The molecule has 0 unspecified atom stereocenters. The van der Waals surface area contributed by atoms with Crippen molar-refractivity contribution in [1.82, 2.24) is 19.2 Å². The van der Waals surface area contributed by atoms with Gasteiger partial charge in [-0.1, -0.05) is 12.1 Å². The van der Waals surface area contributed by atoms with Crippen molar-refractivity contribution in [3.8, 4) is 33.8 Å². The molecule has 0 radical (unpaired) electrons. The maximum atomic E-state index is 13.9. The summed E-state index contributed by atoms with van der Waals surface area (Å²) in [6.07, 6.45) is -3.60. The van der Waals surface area contributed by atoms with Crippen molar-refractivity contribution in [3.05, 3.63) is 71.3 Å². The number of aryl methyl sites for hydroxylation is 1. The highest BCUT2D eigenvalue weighted by Gasteiger charge is 2.43. The third kappa shape index (κ3) is 4.25. The molecule has 1 N–H and O–H groups in total. The highest BCUT2D eigenvalue weighted by atomic mass is 19.4. The van der Waals surface area contributed by atoms with Crippen LogP contribution in [0, 0.1) is 0 Å². The summed E-state index contributed by atoms with van der Waals surface area (Å²) in [7, 11) is 1.77. The Bertz CT molecular complexity index is 1790. The molecule has 0 amide bonds. The molecule has 0 aliphatic carbocycles. The third-order valence-electron chi connectivity index (χ3n) is 5.92. The maximum absolute atomic E-state index is 13.9. The standard InChI is InChI=1S/C25H16F5N5O3/c1-34-10-15-8-13(2-4-17(15)33-34)16-11-35-7-6-20(31-12-24(26,27)28)32-23(35)21(22(16)36)14-3-5-18-19(9-14)38-25(29,30)37-18/h2-11H,12H2,1H3,(H,31,32). The first-order valence-corrected chi connectivity index (χ1v) is 11.2. The van der Waals surface area contributed by atoms with Crippen LogP contribution in [0.4, 0.5) is 27.8 Å². The Hall–Kier alpha value is -4.68. The molecule has 3 aromatic heterocycles. The van der Waals surface area contributed by atoms with E-state index in [1.54, 1.807) is 36.1 Å². The minimum absolute atomic E-state index is 0.0130. The fourth-order valence-electron chi connectivity index (χ4n) is 4.33. The average molecular weight is 529 g/mol. The summed E-state index contributed by atoms with van der Waals surface area (Å²) in [6, 6.07) is 10.4. The van der Waals surface area contributed by atoms with Gasteiger partial charge in [-0.25, -0.2) is 4.98 Å². The van der Waals surface area contributed by atoms with Gasteiger partial charge >= 0.3 is 12.5 Å². The Morgan fingerprint density at radius 3 is 2.55 bits per heavy atom. The van der Waals surface area contributed by atoms with E-state index in [0.717, 1.165) is 10.9 Å². The molecule has 194 valence electrons. The molecule has 0 atom stereocenters. The third-order valence-corrected chi connectivity index (χ3v) is 5.92. The molecule has 0 spiro atoms. The molecule has 0 saturated heterocycles. The number of anilines is 1. The number of nitrogens with zero attached hydrogens (tertiary/aromatic N) is 4. The van der Waals surface area contributed by atoms with Gasteiger partial charge < -0.3 is 19.2 Å². The molecule has 5 aromatic rings. The molecular weight excluding hydrogens is 513 g/mol. The number of ether oxygens (including phenoxy) is 2. The zero-order valence-electron chi connectivity index (χ0n) is 19.4. The van der Waals surface area contributed by atoms with E-state index < -0.39 is 24.4 Å². The molecule has 2 aromatic carbocycles. The van der Waals surface area contributed by atoms with E-state index in [-0.39, 0.29) is 39.7 Å². The first-order valence-electron chi connectivity index (χ1n) is 11.2. The van der Waals surface area contributed by atoms with E-state index in [1.807, 2.05) is 0 Å². The lowest BCUT2D eigenvalue weighted by atomic mass is 9.99. The van der Waals surface area contributed by atoms with Gasteiger partial charge in [0.25, 0.3) is 0 Å². The van der Waals surface area contributed by atoms with E-state index in [2.05, 4.69) is 24.9 Å². The van der Waals surface area contributed by atoms with Gasteiger partial charge in [-0.15, -0.1) is 8.78 Å². The van der Waals surface area contributed by atoms with Crippen LogP contribution >= 0.6 is 0 Å². The van der Waals surface area contributed by atoms with Crippen LogP contribution < -0.4 is 20.2 Å². The molecule has 38 heavy (non-hydrogen) atoms. The Morgan fingerprint density at radius 2 is 1.76 bits per heavy atom. The number of hydrogen-bond acceptors (Lipinski definition) is 6. The zero-order chi connectivity index (χ0) is 26.8. The molecule has 1 aliphatic heterocycles. The average Bonchev–Trinajstić information content (AvgIpc) is 3.37. The Balaban J connectivity index is 1.56. The van der Waals surface area contributed by atoms with Gasteiger partial charge in [0.05, 0.1) is 11.1 Å². The van der Waals surface area contributed by atoms with E-state index in [4.69, 9.17) is 0 Å². The predicted octanol–water partition coefficient (Wildman–Crippen LogP) is 5.21. The molecular formula is C25H16F5N5O3. The fraction of sp³-hybridized carbons (Fsp3) is 0.160. The topological polar surface area (TPSA) is 82.7 Å². The molecule has 6 rings (SSSR count).